The molecule has 0 bridgehead atoms. The molecule has 1 aromatic carbocycles. The van der Waals surface area contributed by atoms with Gasteiger partial charge in [-0.15, -0.1) is 0 Å². The van der Waals surface area contributed by atoms with Crippen molar-refractivity contribution in [3.63, 3.8) is 0 Å². The third kappa shape index (κ3) is 1.92. The van der Waals surface area contributed by atoms with E-state index >= 15 is 0 Å². The van der Waals surface area contributed by atoms with Crippen LogP contribution in [0.15, 0.2) is 24.3 Å². The van der Waals surface area contributed by atoms with Crippen molar-refractivity contribution in [3.8, 4) is 0 Å². The lowest BCUT2D eigenvalue weighted by Crippen LogP contribution is -2.28. The lowest BCUT2D eigenvalue weighted by Gasteiger charge is -2.24. The Balaban J connectivity index is 2.47. The van der Waals surface area contributed by atoms with Gasteiger partial charge in [0.15, 0.2) is 0 Å². The molecule has 0 radical (unpaired) electrons. The van der Waals surface area contributed by atoms with Gasteiger partial charge < -0.3 is 0 Å². The Bertz CT molecular complexity index is 453. The van der Waals surface area contributed by atoms with E-state index in [-0.39, 0.29) is 5.25 Å². The molecule has 15 heavy (non-hydrogen) atoms. The SMILES string of the molecule is CNS(=O)(=O)C1CCCc2ccccc21. The second-order valence-corrected chi connectivity index (χ2v) is 5.90. The molecule has 0 heterocycles. The van der Waals surface area contributed by atoms with Gasteiger partial charge in [0.1, 0.15) is 5.25 Å². The Hall–Kier alpha value is -0.870. The van der Waals surface area contributed by atoms with Gasteiger partial charge in [0, 0.05) is 0 Å². The normalized spacial score (nSPS) is 21.0. The predicted octanol–water partition coefficient (Wildman–Crippen LogP) is 1.61. The van der Waals surface area contributed by atoms with Crippen LogP contribution in [0.4, 0.5) is 0 Å². The first kappa shape index (κ1) is 10.6. The van der Waals surface area contributed by atoms with Crippen molar-refractivity contribution in [1.82, 2.24) is 4.72 Å². The van der Waals surface area contributed by atoms with Crippen LogP contribution in [0.1, 0.15) is 29.2 Å². The summed E-state index contributed by atoms with van der Waals surface area (Å²) >= 11 is 0. The molecule has 3 nitrogen and oxygen atoms in total. The van der Waals surface area contributed by atoms with Crippen LogP contribution in [0.5, 0.6) is 0 Å². The quantitative estimate of drug-likeness (QED) is 0.831. The van der Waals surface area contributed by atoms with E-state index in [1.165, 1.54) is 12.6 Å². The molecular formula is C11H15NO2S. The zero-order chi connectivity index (χ0) is 10.9. The number of hydrogen-bond acceptors (Lipinski definition) is 2. The fourth-order valence-electron chi connectivity index (χ4n) is 2.17. The first-order valence-electron chi connectivity index (χ1n) is 5.15. The maximum Gasteiger partial charge on any atom is 0.218 e. The van der Waals surface area contributed by atoms with Gasteiger partial charge in [-0.25, -0.2) is 13.1 Å². The average Bonchev–Trinajstić information content (AvgIpc) is 2.28. The van der Waals surface area contributed by atoms with E-state index < -0.39 is 10.0 Å². The molecule has 0 aromatic heterocycles. The van der Waals surface area contributed by atoms with Crippen LogP contribution >= 0.6 is 0 Å². The molecule has 1 aliphatic carbocycles. The number of benzene rings is 1. The van der Waals surface area contributed by atoms with Crippen molar-refractivity contribution in [2.24, 2.45) is 0 Å². The zero-order valence-corrected chi connectivity index (χ0v) is 9.55. The summed E-state index contributed by atoms with van der Waals surface area (Å²) in [6, 6.07) is 7.82. The van der Waals surface area contributed by atoms with Crippen molar-refractivity contribution in [3.05, 3.63) is 35.4 Å². The second-order valence-electron chi connectivity index (χ2n) is 3.83. The number of fused-ring (bicyclic) bond motifs is 1. The number of rotatable bonds is 2. The zero-order valence-electron chi connectivity index (χ0n) is 8.73. The molecule has 0 spiro atoms. The summed E-state index contributed by atoms with van der Waals surface area (Å²) in [5, 5.41) is -0.368. The number of hydrogen-bond donors (Lipinski definition) is 1. The predicted molar refractivity (Wildman–Crippen MR) is 60.1 cm³/mol. The first-order chi connectivity index (χ1) is 7.15. The molecule has 1 atom stereocenters. The minimum atomic E-state index is -3.18. The Morgan fingerprint density at radius 2 is 2.07 bits per heavy atom. The highest BCUT2D eigenvalue weighted by atomic mass is 32.2. The van der Waals surface area contributed by atoms with Gasteiger partial charge in [0.05, 0.1) is 0 Å². The van der Waals surface area contributed by atoms with Gasteiger partial charge in [-0.3, -0.25) is 0 Å². The molecule has 2 rings (SSSR count). The maximum atomic E-state index is 11.8. The molecule has 1 aliphatic rings. The summed E-state index contributed by atoms with van der Waals surface area (Å²) in [6.45, 7) is 0. The van der Waals surface area contributed by atoms with Gasteiger partial charge in [-0.2, -0.15) is 0 Å². The van der Waals surface area contributed by atoms with Crippen LogP contribution in [0.25, 0.3) is 0 Å². The summed E-state index contributed by atoms with van der Waals surface area (Å²) in [4.78, 5) is 0. The molecule has 4 heteroatoms. The largest absolute Gasteiger partial charge is 0.218 e. The van der Waals surface area contributed by atoms with Crippen molar-refractivity contribution in [1.29, 1.82) is 0 Å². The van der Waals surface area contributed by atoms with Crippen LogP contribution in [-0.4, -0.2) is 15.5 Å². The Morgan fingerprint density at radius 1 is 1.33 bits per heavy atom. The third-order valence-electron chi connectivity index (χ3n) is 2.97. The number of sulfonamides is 1. The van der Waals surface area contributed by atoms with E-state index in [9.17, 15) is 8.42 Å². The Morgan fingerprint density at radius 3 is 2.80 bits per heavy atom. The minimum absolute atomic E-state index is 0.368. The van der Waals surface area contributed by atoms with Crippen LogP contribution in [0, 0.1) is 0 Å². The van der Waals surface area contributed by atoms with Crippen molar-refractivity contribution in [2.75, 3.05) is 7.05 Å². The Kier molecular flexibility index (Phi) is 2.80. The molecule has 0 saturated heterocycles. The average molecular weight is 225 g/mol. The highest BCUT2D eigenvalue weighted by Crippen LogP contribution is 2.34. The van der Waals surface area contributed by atoms with Crippen LogP contribution < -0.4 is 4.72 Å². The summed E-state index contributed by atoms with van der Waals surface area (Å²) in [5.74, 6) is 0. The molecule has 0 aliphatic heterocycles. The van der Waals surface area contributed by atoms with Gasteiger partial charge >= 0.3 is 0 Å². The fraction of sp³-hybridized carbons (Fsp3) is 0.455. The van der Waals surface area contributed by atoms with Gasteiger partial charge in [-0.1, -0.05) is 24.3 Å². The summed E-state index contributed by atoms with van der Waals surface area (Å²) < 4.78 is 26.0. The lowest BCUT2D eigenvalue weighted by atomic mass is 9.91. The summed E-state index contributed by atoms with van der Waals surface area (Å²) in [7, 11) is -1.71. The van der Waals surface area contributed by atoms with Gasteiger partial charge in [-0.05, 0) is 37.4 Å². The lowest BCUT2D eigenvalue weighted by molar-refractivity contribution is 0.552. The fourth-order valence-corrected chi connectivity index (χ4v) is 3.50. The van der Waals surface area contributed by atoms with E-state index in [0.29, 0.717) is 0 Å². The van der Waals surface area contributed by atoms with Gasteiger partial charge in [0.2, 0.25) is 10.0 Å². The summed E-state index contributed by atoms with van der Waals surface area (Å²) in [6.07, 6.45) is 2.66. The topological polar surface area (TPSA) is 46.2 Å². The van der Waals surface area contributed by atoms with E-state index in [4.69, 9.17) is 0 Å². The summed E-state index contributed by atoms with van der Waals surface area (Å²) in [5.41, 5.74) is 2.14. The monoisotopic (exact) mass is 225 g/mol. The number of nitrogens with one attached hydrogen (secondary N) is 1. The Labute approximate surface area is 90.6 Å². The van der Waals surface area contributed by atoms with E-state index in [1.807, 2.05) is 24.3 Å². The molecule has 1 N–H and O–H groups in total. The van der Waals surface area contributed by atoms with Crippen LogP contribution in [-0.2, 0) is 16.4 Å². The van der Waals surface area contributed by atoms with E-state index in [1.54, 1.807) is 0 Å². The van der Waals surface area contributed by atoms with Gasteiger partial charge in [0.25, 0.3) is 0 Å². The van der Waals surface area contributed by atoms with Crippen LogP contribution in [0.2, 0.25) is 0 Å². The molecule has 0 amide bonds. The highest BCUT2D eigenvalue weighted by Gasteiger charge is 2.29. The molecule has 0 saturated carbocycles. The molecule has 1 unspecified atom stereocenters. The standard InChI is InChI=1S/C11H15NO2S/c1-12-15(13,14)11-8-4-6-9-5-2-3-7-10(9)11/h2-3,5,7,11-12H,4,6,8H2,1H3. The molecule has 0 fully saturated rings. The van der Waals surface area contributed by atoms with Crippen molar-refractivity contribution in [2.45, 2.75) is 24.5 Å². The van der Waals surface area contributed by atoms with E-state index in [2.05, 4.69) is 4.72 Å². The molecule has 82 valence electrons. The molecular weight excluding hydrogens is 210 g/mol. The molecule has 1 aromatic rings. The minimum Gasteiger partial charge on any atom is -0.218 e. The van der Waals surface area contributed by atoms with Crippen molar-refractivity contribution < 1.29 is 8.42 Å². The third-order valence-corrected chi connectivity index (χ3v) is 4.78. The van der Waals surface area contributed by atoms with E-state index in [0.717, 1.165) is 24.8 Å². The second kappa shape index (κ2) is 3.94. The van der Waals surface area contributed by atoms with Crippen molar-refractivity contribution >= 4 is 10.0 Å². The highest BCUT2D eigenvalue weighted by molar-refractivity contribution is 7.89. The first-order valence-corrected chi connectivity index (χ1v) is 6.70. The van der Waals surface area contributed by atoms with Crippen LogP contribution in [0.3, 0.4) is 0 Å². The maximum absolute atomic E-state index is 11.8. The number of aryl methyl sites for hydroxylation is 1. The smallest absolute Gasteiger partial charge is 0.218 e.